The maximum absolute atomic E-state index is 11.2. The third-order valence-electron chi connectivity index (χ3n) is 5.61. The fourth-order valence-electron chi connectivity index (χ4n) is 3.94. The number of carbonyl (C=O) groups is 2. The second-order valence-electron chi connectivity index (χ2n) is 8.12. The predicted octanol–water partition coefficient (Wildman–Crippen LogP) is -0.173. The normalized spacial score (nSPS) is 22.4. The lowest BCUT2D eigenvalue weighted by Gasteiger charge is -2.19. The number of hydrogen-bond donors (Lipinski definition) is 5. The number of aliphatic hydroxyl groups excluding tert-OH is 3. The molecular formula is C22H25N5O9. The van der Waals surface area contributed by atoms with Crippen molar-refractivity contribution in [2.45, 2.75) is 50.5 Å². The van der Waals surface area contributed by atoms with Gasteiger partial charge in [0.2, 0.25) is 0 Å². The molecule has 0 radical (unpaired) electrons. The van der Waals surface area contributed by atoms with Crippen molar-refractivity contribution in [3.05, 3.63) is 36.4 Å². The van der Waals surface area contributed by atoms with Gasteiger partial charge in [0.05, 0.1) is 26.0 Å². The molecule has 5 N–H and O–H groups in total. The molecule has 3 heterocycles. The largest absolute Gasteiger partial charge is 0.493 e. The number of esters is 1. The highest BCUT2D eigenvalue weighted by atomic mass is 16.6. The molecule has 192 valence electrons. The second kappa shape index (κ2) is 10.4. The van der Waals surface area contributed by atoms with Crippen LogP contribution in [-0.4, -0.2) is 83.4 Å². The lowest BCUT2D eigenvalue weighted by atomic mass is 10.0. The average Bonchev–Trinajstić information content (AvgIpc) is 3.39. The number of carbonyl (C=O) groups excluding carboxylic acids is 1. The average molecular weight is 503 g/mol. The SMILES string of the molecule is COc1cc(CNc2ncnc3c2ncn3[C@@H]2O[C@H](C(O)CC(=O)O)[C@@H](O)[C@H]2O)ccc1OC(C)=O. The Balaban J connectivity index is 1.53. The number of rotatable bonds is 9. The molecular weight excluding hydrogens is 478 g/mol. The van der Waals surface area contributed by atoms with Crippen molar-refractivity contribution in [1.82, 2.24) is 19.5 Å². The Kier molecular flexibility index (Phi) is 7.30. The standard InChI is InChI=1S/C22H25N5O9/c1-10(28)35-13-4-3-11(5-14(13)34-2)7-23-20-16-21(25-8-24-20)27(9-26-16)22-18(33)17(32)19(36-22)12(29)6-15(30)31/h3-5,8-9,12,17-19,22,29,32-33H,6-7H2,1-2H3,(H,30,31)(H,23,24,25)/t12?,17-,18+,19+,22+/m0/s1. The van der Waals surface area contributed by atoms with Crippen LogP contribution in [-0.2, 0) is 20.9 Å². The third-order valence-corrected chi connectivity index (χ3v) is 5.61. The van der Waals surface area contributed by atoms with Crippen LogP contribution < -0.4 is 14.8 Å². The number of nitrogens with one attached hydrogen (secondary N) is 1. The van der Waals surface area contributed by atoms with Gasteiger partial charge in [0.25, 0.3) is 0 Å². The maximum atomic E-state index is 11.2. The van der Waals surface area contributed by atoms with Crippen molar-refractivity contribution in [2.75, 3.05) is 12.4 Å². The summed E-state index contributed by atoms with van der Waals surface area (Å²) < 4.78 is 17.4. The molecule has 0 bridgehead atoms. The van der Waals surface area contributed by atoms with E-state index in [9.17, 15) is 24.9 Å². The number of aliphatic hydroxyl groups is 3. The molecule has 36 heavy (non-hydrogen) atoms. The summed E-state index contributed by atoms with van der Waals surface area (Å²) >= 11 is 0. The molecule has 3 aromatic rings. The van der Waals surface area contributed by atoms with Crippen LogP contribution in [0.15, 0.2) is 30.9 Å². The Morgan fingerprint density at radius 3 is 2.67 bits per heavy atom. The van der Waals surface area contributed by atoms with Gasteiger partial charge in [-0.05, 0) is 17.7 Å². The van der Waals surface area contributed by atoms with Crippen LogP contribution in [0.1, 0.15) is 25.1 Å². The zero-order chi connectivity index (χ0) is 26.0. The van der Waals surface area contributed by atoms with E-state index >= 15 is 0 Å². The van der Waals surface area contributed by atoms with Crippen LogP contribution in [0.3, 0.4) is 0 Å². The van der Waals surface area contributed by atoms with Crippen molar-refractivity contribution in [2.24, 2.45) is 0 Å². The lowest BCUT2D eigenvalue weighted by Crippen LogP contribution is -2.39. The van der Waals surface area contributed by atoms with E-state index in [1.165, 1.54) is 31.3 Å². The summed E-state index contributed by atoms with van der Waals surface area (Å²) in [5, 5.41) is 42.9. The molecule has 2 aromatic heterocycles. The van der Waals surface area contributed by atoms with Crippen LogP contribution >= 0.6 is 0 Å². The predicted molar refractivity (Wildman–Crippen MR) is 121 cm³/mol. The van der Waals surface area contributed by atoms with E-state index in [0.29, 0.717) is 29.4 Å². The smallest absolute Gasteiger partial charge is 0.308 e. The highest BCUT2D eigenvalue weighted by molar-refractivity contribution is 5.82. The molecule has 1 aromatic carbocycles. The molecule has 1 aliphatic heterocycles. The lowest BCUT2D eigenvalue weighted by molar-refractivity contribution is -0.144. The van der Waals surface area contributed by atoms with E-state index in [-0.39, 0.29) is 5.65 Å². The molecule has 1 unspecified atom stereocenters. The van der Waals surface area contributed by atoms with Gasteiger partial charge in [0.1, 0.15) is 24.6 Å². The fraction of sp³-hybridized carbons (Fsp3) is 0.409. The summed E-state index contributed by atoms with van der Waals surface area (Å²) in [5.41, 5.74) is 1.42. The van der Waals surface area contributed by atoms with Crippen molar-refractivity contribution < 1.29 is 44.2 Å². The van der Waals surface area contributed by atoms with Gasteiger partial charge in [-0.2, -0.15) is 0 Å². The molecule has 1 saturated heterocycles. The van der Waals surface area contributed by atoms with Gasteiger partial charge in [-0.3, -0.25) is 14.2 Å². The quantitative estimate of drug-likeness (QED) is 0.191. The third kappa shape index (κ3) is 5.06. The summed E-state index contributed by atoms with van der Waals surface area (Å²) in [4.78, 5) is 34.9. The van der Waals surface area contributed by atoms with Crippen molar-refractivity contribution in [3.63, 3.8) is 0 Å². The Morgan fingerprint density at radius 1 is 1.19 bits per heavy atom. The first-order valence-electron chi connectivity index (χ1n) is 10.9. The topological polar surface area (TPSA) is 198 Å². The first-order valence-corrected chi connectivity index (χ1v) is 10.9. The van der Waals surface area contributed by atoms with E-state index in [1.54, 1.807) is 18.2 Å². The van der Waals surface area contributed by atoms with Crippen molar-refractivity contribution in [3.8, 4) is 11.5 Å². The number of anilines is 1. The molecule has 5 atom stereocenters. The Labute approximate surface area is 204 Å². The van der Waals surface area contributed by atoms with Gasteiger partial charge in [0, 0.05) is 13.5 Å². The maximum Gasteiger partial charge on any atom is 0.308 e. The van der Waals surface area contributed by atoms with Crippen molar-refractivity contribution in [1.29, 1.82) is 0 Å². The van der Waals surface area contributed by atoms with Gasteiger partial charge >= 0.3 is 11.9 Å². The minimum Gasteiger partial charge on any atom is -0.493 e. The molecule has 1 fully saturated rings. The highest BCUT2D eigenvalue weighted by Gasteiger charge is 2.47. The van der Waals surface area contributed by atoms with E-state index in [4.69, 9.17) is 19.3 Å². The number of imidazole rings is 1. The molecule has 0 spiro atoms. The number of carboxylic acids is 1. The zero-order valence-corrected chi connectivity index (χ0v) is 19.3. The summed E-state index contributed by atoms with van der Waals surface area (Å²) in [6.07, 6.45) is -5.04. The monoisotopic (exact) mass is 503 g/mol. The minimum absolute atomic E-state index is 0.278. The summed E-state index contributed by atoms with van der Waals surface area (Å²) in [5.74, 6) is -0.693. The fourth-order valence-corrected chi connectivity index (χ4v) is 3.94. The van der Waals surface area contributed by atoms with E-state index in [0.717, 1.165) is 5.56 Å². The number of hydrogen-bond acceptors (Lipinski definition) is 12. The van der Waals surface area contributed by atoms with E-state index in [1.807, 2.05) is 0 Å². The van der Waals surface area contributed by atoms with Gasteiger partial charge in [-0.1, -0.05) is 6.07 Å². The Morgan fingerprint density at radius 2 is 1.97 bits per heavy atom. The van der Waals surface area contributed by atoms with Crippen LogP contribution in [0.25, 0.3) is 11.2 Å². The van der Waals surface area contributed by atoms with Crippen LogP contribution in [0, 0.1) is 0 Å². The Hall–Kier alpha value is -3.85. The number of nitrogens with zero attached hydrogens (tertiary/aromatic N) is 4. The van der Waals surface area contributed by atoms with Crippen LogP contribution in [0.4, 0.5) is 5.82 Å². The first kappa shape index (κ1) is 25.2. The molecule has 0 saturated carbocycles. The number of fused-ring (bicyclic) bond motifs is 1. The van der Waals surface area contributed by atoms with E-state index in [2.05, 4.69) is 20.3 Å². The van der Waals surface area contributed by atoms with Gasteiger partial charge in [-0.15, -0.1) is 0 Å². The second-order valence-corrected chi connectivity index (χ2v) is 8.12. The zero-order valence-electron chi connectivity index (χ0n) is 19.3. The number of methoxy groups -OCH3 is 1. The van der Waals surface area contributed by atoms with Crippen LogP contribution in [0.5, 0.6) is 11.5 Å². The summed E-state index contributed by atoms with van der Waals surface area (Å²) in [7, 11) is 1.46. The molecule has 14 nitrogen and oxygen atoms in total. The minimum atomic E-state index is -1.52. The number of benzene rings is 1. The van der Waals surface area contributed by atoms with Crippen LogP contribution in [0.2, 0.25) is 0 Å². The molecule has 14 heteroatoms. The molecule has 0 aliphatic carbocycles. The number of ether oxygens (including phenoxy) is 3. The molecule has 1 aliphatic rings. The van der Waals surface area contributed by atoms with E-state index < -0.39 is 49.0 Å². The summed E-state index contributed by atoms with van der Waals surface area (Å²) in [6.45, 7) is 1.60. The first-order chi connectivity index (χ1) is 17.2. The van der Waals surface area contributed by atoms with Crippen molar-refractivity contribution >= 4 is 28.9 Å². The summed E-state index contributed by atoms with van der Waals surface area (Å²) in [6, 6.07) is 5.06. The highest BCUT2D eigenvalue weighted by Crippen LogP contribution is 2.34. The number of aromatic nitrogens is 4. The number of carboxylic acid groups (broad SMARTS) is 1. The number of aliphatic carboxylic acids is 1. The molecule has 4 rings (SSSR count). The molecule has 0 amide bonds. The van der Waals surface area contributed by atoms with Gasteiger partial charge in [-0.25, -0.2) is 15.0 Å². The van der Waals surface area contributed by atoms with Gasteiger partial charge < -0.3 is 40.0 Å². The van der Waals surface area contributed by atoms with Gasteiger partial charge in [0.15, 0.2) is 34.7 Å². The Bertz CT molecular complexity index is 1270.